The molecule has 7 nitrogen and oxygen atoms in total. The molecule has 1 N–H and O–H groups in total. The van der Waals surface area contributed by atoms with Gasteiger partial charge >= 0.3 is 0 Å². The molecule has 4 rings (SSSR count). The lowest BCUT2D eigenvalue weighted by Gasteiger charge is -2.35. The molecule has 1 aromatic heterocycles. The smallest absolute Gasteiger partial charge is 0.228 e. The maximum Gasteiger partial charge on any atom is 0.228 e. The van der Waals surface area contributed by atoms with E-state index in [1.165, 1.54) is 0 Å². The van der Waals surface area contributed by atoms with Gasteiger partial charge in [-0.2, -0.15) is 5.10 Å². The summed E-state index contributed by atoms with van der Waals surface area (Å²) in [5.41, 5.74) is 0.818. The molecule has 0 bridgehead atoms. The van der Waals surface area contributed by atoms with E-state index in [4.69, 9.17) is 4.74 Å². The molecule has 2 aliphatic heterocycles. The topological polar surface area (TPSA) is 76.5 Å². The number of aryl methyl sites for hydroxylation is 1. The van der Waals surface area contributed by atoms with Crippen molar-refractivity contribution in [2.24, 2.45) is 24.8 Å². The number of nitrogens with one attached hydrogen (secondary N) is 1. The highest BCUT2D eigenvalue weighted by molar-refractivity contribution is 5.80. The molecule has 7 heteroatoms. The monoisotopic (exact) mass is 346 g/mol. The standard InChI is InChI=1S/C18H26N4O3/c1-21-6-4-14(20-21)8-17(23)22-7-5-15-13(10-22)11-25-16(15)9-19-18(24)12-2-3-12/h4,6,12-13,15-16H,2-3,5,7-11H2,1H3,(H,19,24)/t13-,15-,16+/m1/s1. The van der Waals surface area contributed by atoms with E-state index in [2.05, 4.69) is 10.4 Å². The van der Waals surface area contributed by atoms with Crippen LogP contribution in [0.4, 0.5) is 0 Å². The highest BCUT2D eigenvalue weighted by atomic mass is 16.5. The van der Waals surface area contributed by atoms with Gasteiger partial charge in [-0.1, -0.05) is 0 Å². The molecule has 2 saturated heterocycles. The van der Waals surface area contributed by atoms with E-state index in [1.807, 2.05) is 24.2 Å². The highest BCUT2D eigenvalue weighted by Crippen LogP contribution is 2.35. The zero-order valence-electron chi connectivity index (χ0n) is 14.7. The summed E-state index contributed by atoms with van der Waals surface area (Å²) in [7, 11) is 1.86. The first-order chi connectivity index (χ1) is 12.1. The summed E-state index contributed by atoms with van der Waals surface area (Å²) >= 11 is 0. The van der Waals surface area contributed by atoms with Crippen LogP contribution in [0.1, 0.15) is 25.0 Å². The number of likely N-dealkylation sites (tertiary alicyclic amines) is 1. The summed E-state index contributed by atoms with van der Waals surface area (Å²) in [6.07, 6.45) is 5.32. The Kier molecular flexibility index (Phi) is 4.50. The van der Waals surface area contributed by atoms with Crippen molar-refractivity contribution in [2.45, 2.75) is 31.8 Å². The molecule has 3 atom stereocenters. The summed E-state index contributed by atoms with van der Waals surface area (Å²) in [6.45, 7) is 2.81. The fourth-order valence-corrected chi connectivity index (χ4v) is 4.04. The third-order valence-electron chi connectivity index (χ3n) is 5.67. The Bertz CT molecular complexity index is 655. The Morgan fingerprint density at radius 2 is 2.20 bits per heavy atom. The Morgan fingerprint density at radius 1 is 1.36 bits per heavy atom. The van der Waals surface area contributed by atoms with Crippen LogP contribution in [-0.4, -0.2) is 58.8 Å². The number of amides is 2. The minimum absolute atomic E-state index is 0.0979. The molecule has 3 fully saturated rings. The molecule has 3 aliphatic rings. The zero-order chi connectivity index (χ0) is 17.4. The fourth-order valence-electron chi connectivity index (χ4n) is 4.04. The van der Waals surface area contributed by atoms with Gasteiger partial charge in [0, 0.05) is 44.7 Å². The summed E-state index contributed by atoms with van der Waals surface area (Å²) in [4.78, 5) is 26.3. The lowest BCUT2D eigenvalue weighted by molar-refractivity contribution is -0.132. The normalized spacial score (nSPS) is 28.7. The number of ether oxygens (including phenoxy) is 1. The van der Waals surface area contributed by atoms with Gasteiger partial charge in [0.25, 0.3) is 0 Å². The molecule has 0 spiro atoms. The van der Waals surface area contributed by atoms with Gasteiger partial charge in [0.05, 0.1) is 24.8 Å². The minimum atomic E-state index is 0.0979. The van der Waals surface area contributed by atoms with E-state index in [0.717, 1.165) is 38.0 Å². The number of piperidine rings is 1. The SMILES string of the molecule is Cn1ccc(CC(=O)N2CC[C@@H]3[C@@H](CO[C@H]3CNC(=O)C3CC3)C2)n1. The number of rotatable bonds is 5. The van der Waals surface area contributed by atoms with Crippen molar-refractivity contribution < 1.29 is 14.3 Å². The third-order valence-corrected chi connectivity index (χ3v) is 5.67. The molecule has 1 aliphatic carbocycles. The number of fused-ring (bicyclic) bond motifs is 1. The fraction of sp³-hybridized carbons (Fsp3) is 0.722. The van der Waals surface area contributed by atoms with Gasteiger partial charge < -0.3 is 15.0 Å². The van der Waals surface area contributed by atoms with Crippen molar-refractivity contribution in [2.75, 3.05) is 26.2 Å². The largest absolute Gasteiger partial charge is 0.376 e. The second kappa shape index (κ2) is 6.78. The third kappa shape index (κ3) is 3.71. The minimum Gasteiger partial charge on any atom is -0.376 e. The predicted octanol–water partition coefficient (Wildman–Crippen LogP) is 0.352. The Labute approximate surface area is 147 Å². The van der Waals surface area contributed by atoms with Crippen LogP contribution in [0.25, 0.3) is 0 Å². The van der Waals surface area contributed by atoms with Crippen LogP contribution in [0, 0.1) is 17.8 Å². The summed E-state index contributed by atoms with van der Waals surface area (Å²) in [6, 6.07) is 1.89. The maximum atomic E-state index is 12.5. The summed E-state index contributed by atoms with van der Waals surface area (Å²) < 4.78 is 7.65. The first-order valence-corrected chi connectivity index (χ1v) is 9.26. The van der Waals surface area contributed by atoms with E-state index in [0.29, 0.717) is 31.4 Å². The number of nitrogens with zero attached hydrogens (tertiary/aromatic N) is 3. The number of hydrogen-bond acceptors (Lipinski definition) is 4. The molecule has 2 amide bonds. The van der Waals surface area contributed by atoms with Gasteiger partial charge in [-0.15, -0.1) is 0 Å². The van der Waals surface area contributed by atoms with Gasteiger partial charge in [0.1, 0.15) is 0 Å². The zero-order valence-corrected chi connectivity index (χ0v) is 14.7. The first-order valence-electron chi connectivity index (χ1n) is 9.26. The molecule has 136 valence electrons. The van der Waals surface area contributed by atoms with Crippen molar-refractivity contribution in [3.05, 3.63) is 18.0 Å². The lowest BCUT2D eigenvalue weighted by atomic mass is 9.84. The first kappa shape index (κ1) is 16.6. The summed E-state index contributed by atoms with van der Waals surface area (Å²) in [5, 5.41) is 7.32. The van der Waals surface area contributed by atoms with Crippen molar-refractivity contribution in [3.8, 4) is 0 Å². The molecule has 25 heavy (non-hydrogen) atoms. The second-order valence-electron chi connectivity index (χ2n) is 7.60. The van der Waals surface area contributed by atoms with E-state index in [-0.39, 0.29) is 23.8 Å². The van der Waals surface area contributed by atoms with Gasteiger partial charge in [0.15, 0.2) is 0 Å². The number of carbonyl (C=O) groups is 2. The second-order valence-corrected chi connectivity index (χ2v) is 7.60. The maximum absolute atomic E-state index is 12.5. The number of carbonyl (C=O) groups excluding carboxylic acids is 2. The predicted molar refractivity (Wildman–Crippen MR) is 90.6 cm³/mol. The van der Waals surface area contributed by atoms with Gasteiger partial charge in [-0.25, -0.2) is 0 Å². The van der Waals surface area contributed by atoms with Crippen molar-refractivity contribution in [1.82, 2.24) is 20.0 Å². The molecule has 0 aromatic carbocycles. The molecular weight excluding hydrogens is 320 g/mol. The van der Waals surface area contributed by atoms with Crippen molar-refractivity contribution >= 4 is 11.8 Å². The summed E-state index contributed by atoms with van der Waals surface area (Å²) in [5.74, 6) is 1.38. The van der Waals surface area contributed by atoms with E-state index >= 15 is 0 Å². The lowest BCUT2D eigenvalue weighted by Crippen LogP contribution is -2.46. The van der Waals surface area contributed by atoms with Crippen LogP contribution < -0.4 is 5.32 Å². The van der Waals surface area contributed by atoms with Crippen LogP contribution in [0.15, 0.2) is 12.3 Å². The van der Waals surface area contributed by atoms with Crippen LogP contribution in [0.3, 0.4) is 0 Å². The molecule has 0 unspecified atom stereocenters. The van der Waals surface area contributed by atoms with E-state index < -0.39 is 0 Å². The molecule has 3 heterocycles. The Morgan fingerprint density at radius 3 is 2.92 bits per heavy atom. The van der Waals surface area contributed by atoms with Crippen molar-refractivity contribution in [3.63, 3.8) is 0 Å². The molecule has 1 aromatic rings. The number of aromatic nitrogens is 2. The van der Waals surface area contributed by atoms with Crippen LogP contribution in [-0.2, 0) is 27.8 Å². The highest BCUT2D eigenvalue weighted by Gasteiger charge is 2.42. The van der Waals surface area contributed by atoms with Crippen molar-refractivity contribution in [1.29, 1.82) is 0 Å². The van der Waals surface area contributed by atoms with Gasteiger partial charge in [-0.05, 0) is 31.2 Å². The number of hydrogen-bond donors (Lipinski definition) is 1. The average Bonchev–Trinajstić information content (AvgIpc) is 3.27. The van der Waals surface area contributed by atoms with Crippen LogP contribution in [0.5, 0.6) is 0 Å². The van der Waals surface area contributed by atoms with Gasteiger partial charge in [-0.3, -0.25) is 14.3 Å². The van der Waals surface area contributed by atoms with E-state index in [1.54, 1.807) is 4.68 Å². The van der Waals surface area contributed by atoms with Crippen LogP contribution in [0.2, 0.25) is 0 Å². The van der Waals surface area contributed by atoms with Gasteiger partial charge in [0.2, 0.25) is 11.8 Å². The quantitative estimate of drug-likeness (QED) is 0.835. The van der Waals surface area contributed by atoms with E-state index in [9.17, 15) is 9.59 Å². The average molecular weight is 346 g/mol. The molecule has 1 saturated carbocycles. The Balaban J connectivity index is 1.27. The molecule has 0 radical (unpaired) electrons. The van der Waals surface area contributed by atoms with Crippen LogP contribution >= 0.6 is 0 Å². The Hall–Kier alpha value is -1.89. The molecular formula is C18H26N4O3.